The normalized spacial score (nSPS) is 10.4. The summed E-state index contributed by atoms with van der Waals surface area (Å²) in [6.45, 7) is 0.649. The van der Waals surface area contributed by atoms with Crippen molar-refractivity contribution in [2.45, 2.75) is 11.5 Å². The van der Waals surface area contributed by atoms with Crippen LogP contribution in [-0.2, 0) is 11.3 Å². The summed E-state index contributed by atoms with van der Waals surface area (Å²) in [7, 11) is 0. The number of hydrogen-bond acceptors (Lipinski definition) is 3. The van der Waals surface area contributed by atoms with Crippen LogP contribution in [0.2, 0.25) is 0 Å². The van der Waals surface area contributed by atoms with Gasteiger partial charge < -0.3 is 10.5 Å². The van der Waals surface area contributed by atoms with Crippen LogP contribution in [0, 0.1) is 0 Å². The SMILES string of the molecule is Nc1cccc(SCOCc2ccccc2)c1. The first-order valence-corrected chi connectivity index (χ1v) is 6.43. The Bertz CT molecular complexity index is 459. The monoisotopic (exact) mass is 245 g/mol. The molecule has 17 heavy (non-hydrogen) atoms. The second-order valence-electron chi connectivity index (χ2n) is 3.67. The van der Waals surface area contributed by atoms with Crippen LogP contribution in [0.5, 0.6) is 0 Å². The summed E-state index contributed by atoms with van der Waals surface area (Å²) in [5.74, 6) is 0.637. The van der Waals surface area contributed by atoms with E-state index in [0.29, 0.717) is 12.5 Å². The second kappa shape index (κ2) is 6.33. The molecule has 0 heterocycles. The predicted octanol–water partition coefficient (Wildman–Crippen LogP) is 3.54. The zero-order valence-electron chi connectivity index (χ0n) is 9.50. The minimum absolute atomic E-state index is 0.637. The smallest absolute Gasteiger partial charge is 0.0971 e. The molecule has 2 aromatic carbocycles. The van der Waals surface area contributed by atoms with Crippen LogP contribution in [-0.4, -0.2) is 5.94 Å². The summed E-state index contributed by atoms with van der Waals surface area (Å²) in [5.41, 5.74) is 7.68. The molecule has 0 aliphatic carbocycles. The molecule has 3 heteroatoms. The van der Waals surface area contributed by atoms with E-state index in [1.54, 1.807) is 11.8 Å². The number of ether oxygens (including phenoxy) is 1. The maximum Gasteiger partial charge on any atom is 0.0971 e. The maximum absolute atomic E-state index is 5.70. The first-order chi connectivity index (χ1) is 8.34. The van der Waals surface area contributed by atoms with Crippen molar-refractivity contribution in [3.63, 3.8) is 0 Å². The van der Waals surface area contributed by atoms with Crippen LogP contribution < -0.4 is 5.73 Å². The third kappa shape index (κ3) is 4.13. The summed E-state index contributed by atoms with van der Waals surface area (Å²) in [6.07, 6.45) is 0. The minimum atomic E-state index is 0.637. The Hall–Kier alpha value is -1.45. The maximum atomic E-state index is 5.70. The van der Waals surface area contributed by atoms with Crippen LogP contribution in [0.3, 0.4) is 0 Å². The summed E-state index contributed by atoms with van der Waals surface area (Å²) in [4.78, 5) is 1.14. The van der Waals surface area contributed by atoms with E-state index in [1.165, 1.54) is 5.56 Å². The number of thioether (sulfide) groups is 1. The molecule has 0 atom stereocenters. The Kier molecular flexibility index (Phi) is 4.47. The molecular formula is C14H15NOS. The van der Waals surface area contributed by atoms with Gasteiger partial charge in [-0.05, 0) is 23.8 Å². The van der Waals surface area contributed by atoms with Gasteiger partial charge in [0.1, 0.15) is 0 Å². The van der Waals surface area contributed by atoms with E-state index in [-0.39, 0.29) is 0 Å². The van der Waals surface area contributed by atoms with Crippen LogP contribution in [0.15, 0.2) is 59.5 Å². The molecule has 0 spiro atoms. The summed E-state index contributed by atoms with van der Waals surface area (Å²) in [5, 5.41) is 0. The molecule has 2 nitrogen and oxygen atoms in total. The fourth-order valence-corrected chi connectivity index (χ4v) is 2.14. The molecule has 0 aromatic heterocycles. The summed E-state index contributed by atoms with van der Waals surface area (Å²) in [6, 6.07) is 18.0. The van der Waals surface area contributed by atoms with Gasteiger partial charge in [0.2, 0.25) is 0 Å². The van der Waals surface area contributed by atoms with Gasteiger partial charge in [0, 0.05) is 10.6 Å². The van der Waals surface area contributed by atoms with E-state index < -0.39 is 0 Å². The first-order valence-electron chi connectivity index (χ1n) is 5.44. The Morgan fingerprint density at radius 1 is 1.00 bits per heavy atom. The zero-order chi connectivity index (χ0) is 11.9. The van der Waals surface area contributed by atoms with E-state index in [9.17, 15) is 0 Å². The zero-order valence-corrected chi connectivity index (χ0v) is 10.3. The third-order valence-corrected chi connectivity index (χ3v) is 3.15. The lowest BCUT2D eigenvalue weighted by Crippen LogP contribution is -1.92. The van der Waals surface area contributed by atoms with Gasteiger partial charge in [-0.25, -0.2) is 0 Å². The van der Waals surface area contributed by atoms with Gasteiger partial charge in [-0.3, -0.25) is 0 Å². The molecule has 2 rings (SSSR count). The van der Waals surface area contributed by atoms with Crippen molar-refractivity contribution in [2.24, 2.45) is 0 Å². The number of hydrogen-bond donors (Lipinski definition) is 1. The van der Waals surface area contributed by atoms with Gasteiger partial charge in [-0.2, -0.15) is 0 Å². The average Bonchev–Trinajstić information content (AvgIpc) is 2.36. The topological polar surface area (TPSA) is 35.2 Å². The Labute approximate surface area is 106 Å². The Balaban J connectivity index is 1.73. The highest BCUT2D eigenvalue weighted by Crippen LogP contribution is 2.20. The van der Waals surface area contributed by atoms with Crippen LogP contribution in [0.4, 0.5) is 5.69 Å². The predicted molar refractivity (Wildman–Crippen MR) is 72.8 cm³/mol. The molecule has 0 saturated heterocycles. The minimum Gasteiger partial charge on any atom is -0.399 e. The third-order valence-electron chi connectivity index (χ3n) is 2.28. The van der Waals surface area contributed by atoms with Crippen LogP contribution in [0.1, 0.15) is 5.56 Å². The molecule has 0 aliphatic heterocycles. The van der Waals surface area contributed by atoms with E-state index in [2.05, 4.69) is 12.1 Å². The van der Waals surface area contributed by atoms with Gasteiger partial charge in [0.25, 0.3) is 0 Å². The van der Waals surface area contributed by atoms with Crippen molar-refractivity contribution in [1.29, 1.82) is 0 Å². The fourth-order valence-electron chi connectivity index (χ4n) is 1.45. The molecule has 0 aliphatic rings. The van der Waals surface area contributed by atoms with E-state index in [0.717, 1.165) is 10.6 Å². The van der Waals surface area contributed by atoms with Crippen molar-refractivity contribution in [3.8, 4) is 0 Å². The molecule has 2 aromatic rings. The quantitative estimate of drug-likeness (QED) is 0.379. The lowest BCUT2D eigenvalue weighted by atomic mass is 10.2. The van der Waals surface area contributed by atoms with Crippen molar-refractivity contribution < 1.29 is 4.74 Å². The second-order valence-corrected chi connectivity index (χ2v) is 4.66. The van der Waals surface area contributed by atoms with Gasteiger partial charge >= 0.3 is 0 Å². The number of rotatable bonds is 5. The number of nitrogen functional groups attached to an aromatic ring is 1. The van der Waals surface area contributed by atoms with Crippen molar-refractivity contribution in [1.82, 2.24) is 0 Å². The highest BCUT2D eigenvalue weighted by molar-refractivity contribution is 7.99. The van der Waals surface area contributed by atoms with Crippen molar-refractivity contribution in [2.75, 3.05) is 11.7 Å². The van der Waals surface area contributed by atoms with Crippen LogP contribution in [0.25, 0.3) is 0 Å². The van der Waals surface area contributed by atoms with Gasteiger partial charge in [-0.15, -0.1) is 0 Å². The number of anilines is 1. The molecule has 0 saturated carbocycles. The molecule has 0 bridgehead atoms. The van der Waals surface area contributed by atoms with Gasteiger partial charge in [0.15, 0.2) is 0 Å². The van der Waals surface area contributed by atoms with Crippen molar-refractivity contribution >= 4 is 17.4 Å². The fraction of sp³-hybridized carbons (Fsp3) is 0.143. The van der Waals surface area contributed by atoms with E-state index in [4.69, 9.17) is 10.5 Å². The molecule has 0 amide bonds. The lowest BCUT2D eigenvalue weighted by molar-refractivity contribution is 0.169. The highest BCUT2D eigenvalue weighted by Gasteiger charge is 1.95. The van der Waals surface area contributed by atoms with E-state index >= 15 is 0 Å². The molecule has 0 fully saturated rings. The molecule has 0 unspecified atom stereocenters. The largest absolute Gasteiger partial charge is 0.399 e. The Morgan fingerprint density at radius 2 is 1.82 bits per heavy atom. The Morgan fingerprint density at radius 3 is 2.59 bits per heavy atom. The molecule has 2 N–H and O–H groups in total. The standard InChI is InChI=1S/C14H15NOS/c15-13-7-4-8-14(9-13)17-11-16-10-12-5-2-1-3-6-12/h1-9H,10-11,15H2. The number of nitrogens with two attached hydrogens (primary N) is 1. The summed E-state index contributed by atoms with van der Waals surface area (Å²) < 4.78 is 5.59. The van der Waals surface area contributed by atoms with Crippen molar-refractivity contribution in [3.05, 3.63) is 60.2 Å². The van der Waals surface area contributed by atoms with E-state index in [1.807, 2.05) is 42.5 Å². The average molecular weight is 245 g/mol. The van der Waals surface area contributed by atoms with Gasteiger partial charge in [-0.1, -0.05) is 48.2 Å². The lowest BCUT2D eigenvalue weighted by Gasteiger charge is -2.04. The van der Waals surface area contributed by atoms with Crippen LogP contribution >= 0.6 is 11.8 Å². The number of benzene rings is 2. The highest BCUT2D eigenvalue weighted by atomic mass is 32.2. The van der Waals surface area contributed by atoms with Gasteiger partial charge in [0.05, 0.1) is 12.5 Å². The summed E-state index contributed by atoms with van der Waals surface area (Å²) >= 11 is 1.65. The molecule has 0 radical (unpaired) electrons. The molecular weight excluding hydrogens is 230 g/mol. The molecule has 88 valence electrons. The first kappa shape index (κ1) is 12.0.